The molecule has 29 heavy (non-hydrogen) atoms. The van der Waals surface area contributed by atoms with Crippen LogP contribution in [0.25, 0.3) is 11.3 Å². The number of hydrogen-bond donors (Lipinski definition) is 2. The Kier molecular flexibility index (Phi) is 6.97. The van der Waals surface area contributed by atoms with Crippen molar-refractivity contribution in [3.05, 3.63) is 70.0 Å². The average molecular weight is 410 g/mol. The number of thiazole rings is 1. The van der Waals surface area contributed by atoms with Gasteiger partial charge in [0.05, 0.1) is 17.1 Å². The summed E-state index contributed by atoms with van der Waals surface area (Å²) in [6.07, 6.45) is 0.926. The quantitative estimate of drug-likeness (QED) is 0.568. The maximum atomic E-state index is 12.0. The Bertz CT molecular complexity index is 966. The monoisotopic (exact) mass is 409 g/mol. The second-order valence-corrected chi connectivity index (χ2v) is 7.69. The van der Waals surface area contributed by atoms with Gasteiger partial charge in [-0.25, -0.2) is 4.98 Å². The summed E-state index contributed by atoms with van der Waals surface area (Å²) in [6.45, 7) is 2.47. The van der Waals surface area contributed by atoms with E-state index in [0.717, 1.165) is 33.8 Å². The van der Waals surface area contributed by atoms with Crippen molar-refractivity contribution in [2.45, 2.75) is 19.8 Å². The average Bonchev–Trinajstić information content (AvgIpc) is 3.14. The molecule has 1 aromatic heterocycles. The number of nitrogens with one attached hydrogen (secondary N) is 1. The van der Waals surface area contributed by atoms with E-state index in [0.29, 0.717) is 12.3 Å². The van der Waals surface area contributed by atoms with Crippen molar-refractivity contribution in [2.24, 2.45) is 5.73 Å². The molecule has 6 nitrogen and oxygen atoms in total. The van der Waals surface area contributed by atoms with Gasteiger partial charge in [-0.2, -0.15) is 0 Å². The minimum Gasteiger partial charge on any atom is -0.484 e. The maximum Gasteiger partial charge on any atom is 0.257 e. The summed E-state index contributed by atoms with van der Waals surface area (Å²) in [4.78, 5) is 27.3. The van der Waals surface area contributed by atoms with Crippen LogP contribution in [-0.2, 0) is 22.4 Å². The molecule has 1 heterocycles. The Morgan fingerprint density at radius 3 is 2.38 bits per heavy atom. The summed E-state index contributed by atoms with van der Waals surface area (Å²) < 4.78 is 5.46. The third kappa shape index (κ3) is 6.43. The normalized spacial score (nSPS) is 10.5. The molecule has 3 N–H and O–H groups in total. The second kappa shape index (κ2) is 9.84. The minimum atomic E-state index is -0.383. The highest BCUT2D eigenvalue weighted by atomic mass is 32.1. The SMILES string of the molecule is Cc1nc(-c2ccc(CCNC(=O)COc3ccc(CC(N)=O)cc3)cc2)cs1. The van der Waals surface area contributed by atoms with Gasteiger partial charge in [0.15, 0.2) is 6.61 Å². The molecule has 0 radical (unpaired) electrons. The lowest BCUT2D eigenvalue weighted by Crippen LogP contribution is -2.30. The number of carbonyl (C=O) groups excluding carboxylic acids is 2. The molecule has 0 aliphatic carbocycles. The van der Waals surface area contributed by atoms with Crippen molar-refractivity contribution in [1.29, 1.82) is 0 Å². The first-order valence-electron chi connectivity index (χ1n) is 9.28. The number of rotatable bonds is 9. The van der Waals surface area contributed by atoms with Crippen molar-refractivity contribution in [2.75, 3.05) is 13.2 Å². The van der Waals surface area contributed by atoms with Gasteiger partial charge in [-0.15, -0.1) is 11.3 Å². The van der Waals surface area contributed by atoms with E-state index in [1.54, 1.807) is 35.6 Å². The van der Waals surface area contributed by atoms with Gasteiger partial charge in [0.25, 0.3) is 5.91 Å². The molecule has 0 saturated heterocycles. The van der Waals surface area contributed by atoms with E-state index in [1.807, 2.05) is 6.92 Å². The lowest BCUT2D eigenvalue weighted by molar-refractivity contribution is -0.123. The third-order valence-electron chi connectivity index (χ3n) is 4.28. The van der Waals surface area contributed by atoms with E-state index >= 15 is 0 Å². The first-order valence-corrected chi connectivity index (χ1v) is 10.2. The fourth-order valence-corrected chi connectivity index (χ4v) is 3.41. The number of aromatic nitrogens is 1. The molecule has 0 spiro atoms. The van der Waals surface area contributed by atoms with Crippen LogP contribution in [0.5, 0.6) is 5.75 Å². The molecular formula is C22H23N3O3S. The van der Waals surface area contributed by atoms with Gasteiger partial charge in [0.1, 0.15) is 5.75 Å². The number of benzene rings is 2. The maximum absolute atomic E-state index is 12.0. The van der Waals surface area contributed by atoms with Crippen molar-refractivity contribution < 1.29 is 14.3 Å². The molecule has 0 bridgehead atoms. The number of primary amides is 1. The van der Waals surface area contributed by atoms with Crippen LogP contribution < -0.4 is 15.8 Å². The summed E-state index contributed by atoms with van der Waals surface area (Å²) in [5.74, 6) is 0.00734. The fraction of sp³-hybridized carbons (Fsp3) is 0.227. The van der Waals surface area contributed by atoms with E-state index in [4.69, 9.17) is 10.5 Å². The van der Waals surface area contributed by atoms with E-state index < -0.39 is 0 Å². The summed E-state index contributed by atoms with van der Waals surface area (Å²) in [5.41, 5.74) is 9.20. The smallest absolute Gasteiger partial charge is 0.257 e. The Labute approximate surface area is 173 Å². The molecule has 3 aromatic rings. The lowest BCUT2D eigenvalue weighted by atomic mass is 10.1. The van der Waals surface area contributed by atoms with Crippen LogP contribution in [0.15, 0.2) is 53.9 Å². The fourth-order valence-electron chi connectivity index (χ4n) is 2.79. The molecule has 3 rings (SSSR count). The molecule has 0 aliphatic rings. The zero-order valence-corrected chi connectivity index (χ0v) is 17.0. The van der Waals surface area contributed by atoms with Gasteiger partial charge in [-0.05, 0) is 36.6 Å². The molecular weight excluding hydrogens is 386 g/mol. The van der Waals surface area contributed by atoms with Crippen LogP contribution in [0.4, 0.5) is 0 Å². The zero-order valence-electron chi connectivity index (χ0n) is 16.2. The van der Waals surface area contributed by atoms with Gasteiger partial charge in [-0.3, -0.25) is 9.59 Å². The highest BCUT2D eigenvalue weighted by Crippen LogP contribution is 2.21. The van der Waals surface area contributed by atoms with Gasteiger partial charge < -0.3 is 15.8 Å². The predicted octanol–water partition coefficient (Wildman–Crippen LogP) is 2.88. The molecule has 0 atom stereocenters. The molecule has 0 fully saturated rings. The zero-order chi connectivity index (χ0) is 20.6. The first kappa shape index (κ1) is 20.5. The second-order valence-electron chi connectivity index (χ2n) is 6.62. The summed E-state index contributed by atoms with van der Waals surface area (Å²) in [7, 11) is 0. The number of carbonyl (C=O) groups is 2. The molecule has 0 aliphatic heterocycles. The minimum absolute atomic E-state index is 0.0583. The molecule has 2 aromatic carbocycles. The predicted molar refractivity (Wildman–Crippen MR) is 114 cm³/mol. The van der Waals surface area contributed by atoms with Crippen LogP contribution in [0.3, 0.4) is 0 Å². The number of hydrogen-bond acceptors (Lipinski definition) is 5. The van der Waals surface area contributed by atoms with Gasteiger partial charge in [0, 0.05) is 17.5 Å². The highest BCUT2D eigenvalue weighted by molar-refractivity contribution is 7.09. The van der Waals surface area contributed by atoms with E-state index in [2.05, 4.69) is 39.9 Å². The number of amides is 2. The van der Waals surface area contributed by atoms with Crippen molar-refractivity contribution in [3.63, 3.8) is 0 Å². The molecule has 7 heteroatoms. The third-order valence-corrected chi connectivity index (χ3v) is 5.05. The number of nitrogens with two attached hydrogens (primary N) is 1. The first-order chi connectivity index (χ1) is 14.0. The number of ether oxygens (including phenoxy) is 1. The van der Waals surface area contributed by atoms with Crippen LogP contribution in [0.1, 0.15) is 16.1 Å². The van der Waals surface area contributed by atoms with Crippen molar-refractivity contribution in [3.8, 4) is 17.0 Å². The lowest BCUT2D eigenvalue weighted by Gasteiger charge is -2.08. The standard InChI is InChI=1S/C22H23N3O3S/c1-15-25-20(14-29-15)18-6-2-16(3-7-18)10-11-24-22(27)13-28-19-8-4-17(5-9-19)12-21(23)26/h2-9,14H,10-13H2,1H3,(H2,23,26)(H,24,27). The van der Waals surface area contributed by atoms with Crippen LogP contribution in [-0.4, -0.2) is 29.9 Å². The Hall–Kier alpha value is -3.19. The number of nitrogens with zero attached hydrogens (tertiary/aromatic N) is 1. The van der Waals surface area contributed by atoms with E-state index in [9.17, 15) is 9.59 Å². The summed E-state index contributed by atoms with van der Waals surface area (Å²) in [5, 5.41) is 5.96. The van der Waals surface area contributed by atoms with Crippen LogP contribution in [0, 0.1) is 6.92 Å². The molecule has 2 amide bonds. The van der Waals surface area contributed by atoms with E-state index in [-0.39, 0.29) is 24.8 Å². The Morgan fingerprint density at radius 1 is 1.07 bits per heavy atom. The van der Waals surface area contributed by atoms with Gasteiger partial charge in [0.2, 0.25) is 5.91 Å². The Balaban J connectivity index is 1.39. The van der Waals surface area contributed by atoms with Crippen molar-refractivity contribution >= 4 is 23.2 Å². The van der Waals surface area contributed by atoms with Crippen LogP contribution in [0.2, 0.25) is 0 Å². The molecule has 0 unspecified atom stereocenters. The topological polar surface area (TPSA) is 94.3 Å². The molecule has 150 valence electrons. The van der Waals surface area contributed by atoms with E-state index in [1.165, 1.54) is 0 Å². The number of aryl methyl sites for hydroxylation is 1. The summed E-state index contributed by atoms with van der Waals surface area (Å²) in [6, 6.07) is 15.2. The van der Waals surface area contributed by atoms with Crippen molar-refractivity contribution in [1.82, 2.24) is 10.3 Å². The van der Waals surface area contributed by atoms with Gasteiger partial charge >= 0.3 is 0 Å². The highest BCUT2D eigenvalue weighted by Gasteiger charge is 2.05. The largest absolute Gasteiger partial charge is 0.484 e. The van der Waals surface area contributed by atoms with Gasteiger partial charge in [-0.1, -0.05) is 36.4 Å². The molecule has 0 saturated carbocycles. The Morgan fingerprint density at radius 2 is 1.76 bits per heavy atom. The summed E-state index contributed by atoms with van der Waals surface area (Å²) >= 11 is 1.64. The van der Waals surface area contributed by atoms with Crippen LogP contribution >= 0.6 is 11.3 Å².